The van der Waals surface area contributed by atoms with Gasteiger partial charge in [-0.3, -0.25) is 4.79 Å². The average Bonchev–Trinajstić information content (AvgIpc) is 2.71. The standard InChI is InChI=1S/C22H26N4O2/c1-4-26(5-2)12-11-25(3)14-15-9-10-18-17(13-15)21-20-16(22(27)24-23-21)7-6-8-19(20)28-18/h6-10,13H,4-5,11-12,14H2,1-3H3,(H,24,27). The molecule has 2 heterocycles. The second-order valence-corrected chi connectivity index (χ2v) is 7.28. The van der Waals surface area contributed by atoms with Crippen LogP contribution in [0.15, 0.2) is 41.2 Å². The number of nitrogens with zero attached hydrogens (tertiary/aromatic N) is 3. The molecule has 1 aliphatic rings. The maximum Gasteiger partial charge on any atom is 0.272 e. The lowest BCUT2D eigenvalue weighted by Crippen LogP contribution is -2.32. The fourth-order valence-electron chi connectivity index (χ4n) is 3.78. The molecule has 0 unspecified atom stereocenters. The first kappa shape index (κ1) is 18.7. The van der Waals surface area contributed by atoms with Crippen molar-refractivity contribution in [3.8, 4) is 22.8 Å². The molecule has 1 aliphatic heterocycles. The van der Waals surface area contributed by atoms with Gasteiger partial charge < -0.3 is 14.5 Å². The lowest BCUT2D eigenvalue weighted by atomic mass is 9.99. The van der Waals surface area contributed by atoms with E-state index in [-0.39, 0.29) is 5.56 Å². The van der Waals surface area contributed by atoms with Crippen molar-refractivity contribution < 1.29 is 4.74 Å². The molecule has 0 saturated carbocycles. The van der Waals surface area contributed by atoms with E-state index >= 15 is 0 Å². The molecule has 0 bridgehead atoms. The molecule has 0 spiro atoms. The van der Waals surface area contributed by atoms with E-state index < -0.39 is 0 Å². The maximum absolute atomic E-state index is 12.1. The highest BCUT2D eigenvalue weighted by molar-refractivity contribution is 6.01. The summed E-state index contributed by atoms with van der Waals surface area (Å²) in [6.45, 7) is 9.47. The zero-order chi connectivity index (χ0) is 19.7. The quantitative estimate of drug-likeness (QED) is 0.534. The smallest absolute Gasteiger partial charge is 0.272 e. The monoisotopic (exact) mass is 378 g/mol. The molecule has 1 aromatic heterocycles. The van der Waals surface area contributed by atoms with Gasteiger partial charge in [0.1, 0.15) is 17.2 Å². The van der Waals surface area contributed by atoms with Crippen LogP contribution in [0.4, 0.5) is 0 Å². The molecule has 6 heteroatoms. The van der Waals surface area contributed by atoms with Gasteiger partial charge in [-0.1, -0.05) is 26.0 Å². The summed E-state index contributed by atoms with van der Waals surface area (Å²) in [5.74, 6) is 1.46. The van der Waals surface area contributed by atoms with E-state index in [2.05, 4.69) is 53.0 Å². The van der Waals surface area contributed by atoms with Crippen LogP contribution in [-0.4, -0.2) is 53.2 Å². The van der Waals surface area contributed by atoms with Crippen molar-refractivity contribution in [2.75, 3.05) is 33.2 Å². The molecular weight excluding hydrogens is 352 g/mol. The summed E-state index contributed by atoms with van der Waals surface area (Å²) in [5, 5.41) is 8.36. The molecule has 0 atom stereocenters. The number of hydrogen-bond acceptors (Lipinski definition) is 5. The molecule has 28 heavy (non-hydrogen) atoms. The van der Waals surface area contributed by atoms with Crippen molar-refractivity contribution in [3.05, 3.63) is 52.3 Å². The van der Waals surface area contributed by atoms with E-state index in [1.807, 2.05) is 24.3 Å². The van der Waals surface area contributed by atoms with E-state index in [0.717, 1.165) is 55.1 Å². The number of H-pyrrole nitrogens is 1. The average molecular weight is 378 g/mol. The number of nitrogens with one attached hydrogen (secondary N) is 1. The Kier molecular flexibility index (Phi) is 5.15. The first-order valence-electron chi connectivity index (χ1n) is 9.84. The summed E-state index contributed by atoms with van der Waals surface area (Å²) in [6.07, 6.45) is 0. The summed E-state index contributed by atoms with van der Waals surface area (Å²) in [4.78, 5) is 16.9. The number of ether oxygens (including phenoxy) is 1. The van der Waals surface area contributed by atoms with Crippen molar-refractivity contribution in [3.63, 3.8) is 0 Å². The Hall–Kier alpha value is -2.70. The number of fused-ring (bicyclic) bond motifs is 2. The fourth-order valence-corrected chi connectivity index (χ4v) is 3.78. The second kappa shape index (κ2) is 7.73. The minimum Gasteiger partial charge on any atom is -0.456 e. The number of aromatic nitrogens is 2. The third-order valence-electron chi connectivity index (χ3n) is 5.44. The molecule has 0 amide bonds. The van der Waals surface area contributed by atoms with Gasteiger partial charge in [-0.15, -0.1) is 0 Å². The number of aromatic amines is 1. The molecular formula is C22H26N4O2. The molecule has 4 rings (SSSR count). The zero-order valence-corrected chi connectivity index (χ0v) is 16.7. The van der Waals surface area contributed by atoms with Crippen molar-refractivity contribution >= 4 is 10.8 Å². The molecule has 0 saturated heterocycles. The maximum atomic E-state index is 12.1. The first-order chi connectivity index (χ1) is 13.6. The van der Waals surface area contributed by atoms with Crippen LogP contribution in [0.25, 0.3) is 22.0 Å². The normalized spacial score (nSPS) is 12.5. The Morgan fingerprint density at radius 1 is 1.07 bits per heavy atom. The lowest BCUT2D eigenvalue weighted by molar-refractivity contribution is 0.236. The van der Waals surface area contributed by atoms with E-state index in [4.69, 9.17) is 4.74 Å². The summed E-state index contributed by atoms with van der Waals surface area (Å²) < 4.78 is 6.06. The minimum absolute atomic E-state index is 0.194. The number of benzene rings is 2. The zero-order valence-electron chi connectivity index (χ0n) is 16.7. The van der Waals surface area contributed by atoms with Gasteiger partial charge in [-0.05, 0) is 50.0 Å². The lowest BCUT2D eigenvalue weighted by Gasteiger charge is -2.24. The van der Waals surface area contributed by atoms with Gasteiger partial charge in [0, 0.05) is 25.2 Å². The van der Waals surface area contributed by atoms with E-state index in [9.17, 15) is 4.79 Å². The summed E-state index contributed by atoms with van der Waals surface area (Å²) in [5.41, 5.74) is 2.71. The van der Waals surface area contributed by atoms with E-state index in [0.29, 0.717) is 11.1 Å². The molecule has 6 nitrogen and oxygen atoms in total. The van der Waals surface area contributed by atoms with Crippen molar-refractivity contribution in [1.29, 1.82) is 0 Å². The van der Waals surface area contributed by atoms with Crippen LogP contribution in [0.3, 0.4) is 0 Å². The highest BCUT2D eigenvalue weighted by atomic mass is 16.5. The third-order valence-corrected chi connectivity index (χ3v) is 5.44. The van der Waals surface area contributed by atoms with Crippen LogP contribution >= 0.6 is 0 Å². The molecule has 0 radical (unpaired) electrons. The molecule has 1 N–H and O–H groups in total. The van der Waals surface area contributed by atoms with Gasteiger partial charge in [-0.25, -0.2) is 5.10 Å². The second-order valence-electron chi connectivity index (χ2n) is 7.28. The topological polar surface area (TPSA) is 61.5 Å². The van der Waals surface area contributed by atoms with Crippen LogP contribution in [0.1, 0.15) is 19.4 Å². The predicted octanol–water partition coefficient (Wildman–Crippen LogP) is 3.47. The first-order valence-corrected chi connectivity index (χ1v) is 9.84. The molecule has 2 aromatic carbocycles. The van der Waals surface area contributed by atoms with Gasteiger partial charge in [0.25, 0.3) is 5.56 Å². The van der Waals surface area contributed by atoms with E-state index in [1.165, 1.54) is 5.56 Å². The van der Waals surface area contributed by atoms with Gasteiger partial charge in [0.05, 0.1) is 10.8 Å². The number of rotatable bonds is 7. The van der Waals surface area contributed by atoms with Gasteiger partial charge in [0.15, 0.2) is 0 Å². The molecule has 0 aliphatic carbocycles. The minimum atomic E-state index is -0.194. The Bertz CT molecular complexity index is 1060. The van der Waals surface area contributed by atoms with Crippen LogP contribution in [0, 0.1) is 0 Å². The largest absolute Gasteiger partial charge is 0.456 e. The van der Waals surface area contributed by atoms with Gasteiger partial charge in [-0.2, -0.15) is 5.10 Å². The Labute approximate surface area is 164 Å². The Morgan fingerprint density at radius 2 is 1.89 bits per heavy atom. The third kappa shape index (κ3) is 3.41. The van der Waals surface area contributed by atoms with Crippen LogP contribution in [0.2, 0.25) is 0 Å². The fraction of sp³-hybridized carbons (Fsp3) is 0.364. The highest BCUT2D eigenvalue weighted by Crippen LogP contribution is 2.44. The van der Waals surface area contributed by atoms with Gasteiger partial charge >= 0.3 is 0 Å². The van der Waals surface area contributed by atoms with Crippen molar-refractivity contribution in [2.24, 2.45) is 0 Å². The highest BCUT2D eigenvalue weighted by Gasteiger charge is 2.23. The summed E-state index contributed by atoms with van der Waals surface area (Å²) >= 11 is 0. The molecule has 146 valence electrons. The van der Waals surface area contributed by atoms with Crippen LogP contribution in [-0.2, 0) is 6.54 Å². The summed E-state index contributed by atoms with van der Waals surface area (Å²) in [6, 6.07) is 11.7. The van der Waals surface area contributed by atoms with Gasteiger partial charge in [0.2, 0.25) is 0 Å². The predicted molar refractivity (Wildman–Crippen MR) is 112 cm³/mol. The van der Waals surface area contributed by atoms with Crippen LogP contribution < -0.4 is 10.3 Å². The molecule has 0 fully saturated rings. The van der Waals surface area contributed by atoms with Crippen molar-refractivity contribution in [1.82, 2.24) is 20.0 Å². The van der Waals surface area contributed by atoms with Crippen LogP contribution in [0.5, 0.6) is 11.5 Å². The molecule has 3 aromatic rings. The SMILES string of the molecule is CCN(CC)CCN(C)Cc1ccc2c(c1)-c1n[nH]c(=O)c3cccc(c13)O2. The van der Waals surface area contributed by atoms with Crippen molar-refractivity contribution in [2.45, 2.75) is 20.4 Å². The Morgan fingerprint density at radius 3 is 2.68 bits per heavy atom. The summed E-state index contributed by atoms with van der Waals surface area (Å²) in [7, 11) is 2.14. The number of likely N-dealkylation sites (N-methyl/N-ethyl adjacent to an activating group) is 2. The van der Waals surface area contributed by atoms with E-state index in [1.54, 1.807) is 0 Å². The number of hydrogen-bond donors (Lipinski definition) is 1. The Balaban J connectivity index is 1.62.